The van der Waals surface area contributed by atoms with Gasteiger partial charge in [0.1, 0.15) is 0 Å². The smallest absolute Gasteiger partial charge is 0.241 e. The minimum absolute atomic E-state index is 0.124. The summed E-state index contributed by atoms with van der Waals surface area (Å²) < 4.78 is 2.03. The van der Waals surface area contributed by atoms with Crippen LogP contribution in [0.5, 0.6) is 0 Å². The zero-order valence-corrected chi connectivity index (χ0v) is 15.0. The highest BCUT2D eigenvalue weighted by Crippen LogP contribution is 2.31. The highest BCUT2D eigenvalue weighted by atomic mass is 16.2. The molecule has 0 N–H and O–H groups in total. The molecule has 134 valence electrons. The van der Waals surface area contributed by atoms with Gasteiger partial charge in [0.15, 0.2) is 11.5 Å². The van der Waals surface area contributed by atoms with Crippen LogP contribution < -0.4 is 4.90 Å². The Morgan fingerprint density at radius 3 is 2.77 bits per heavy atom. The van der Waals surface area contributed by atoms with Gasteiger partial charge in [-0.15, -0.1) is 10.2 Å². The van der Waals surface area contributed by atoms with Gasteiger partial charge in [-0.05, 0) is 50.6 Å². The van der Waals surface area contributed by atoms with Crippen molar-refractivity contribution in [1.29, 1.82) is 0 Å². The van der Waals surface area contributed by atoms with Gasteiger partial charge in [0.25, 0.3) is 0 Å². The number of nitrogens with zero attached hydrogens (tertiary/aromatic N) is 5. The summed E-state index contributed by atoms with van der Waals surface area (Å²) in [6, 6.07) is 15.9. The largest absolute Gasteiger partial charge is 0.312 e. The van der Waals surface area contributed by atoms with Crippen LogP contribution in [0.25, 0.3) is 5.65 Å². The summed E-state index contributed by atoms with van der Waals surface area (Å²) in [7, 11) is 0. The van der Waals surface area contributed by atoms with Gasteiger partial charge in [0.05, 0.1) is 12.6 Å². The van der Waals surface area contributed by atoms with Crippen molar-refractivity contribution in [2.45, 2.75) is 25.8 Å². The summed E-state index contributed by atoms with van der Waals surface area (Å²) >= 11 is 0. The minimum Gasteiger partial charge on any atom is -0.312 e. The van der Waals surface area contributed by atoms with Crippen LogP contribution in [0, 0.1) is 0 Å². The minimum atomic E-state index is 0.124. The first-order chi connectivity index (χ1) is 12.8. The molecular weight excluding hydrogens is 326 g/mol. The Bertz CT molecular complexity index is 891. The first-order valence-electron chi connectivity index (χ1n) is 9.17. The summed E-state index contributed by atoms with van der Waals surface area (Å²) in [6.07, 6.45) is 4.06. The van der Waals surface area contributed by atoms with Crippen LogP contribution in [0.2, 0.25) is 0 Å². The van der Waals surface area contributed by atoms with Crippen LogP contribution >= 0.6 is 0 Å². The fraction of sp³-hybridized carbons (Fsp3) is 0.350. The number of para-hydroxylation sites is 1. The first-order valence-corrected chi connectivity index (χ1v) is 9.17. The molecular formula is C20H23N5O. The van der Waals surface area contributed by atoms with Crippen molar-refractivity contribution in [3.63, 3.8) is 0 Å². The van der Waals surface area contributed by atoms with E-state index in [1.54, 1.807) is 0 Å². The third-order valence-corrected chi connectivity index (χ3v) is 5.03. The number of likely N-dealkylation sites (N-methyl/N-ethyl adjacent to an activating group) is 1. The van der Waals surface area contributed by atoms with Crippen molar-refractivity contribution in [1.82, 2.24) is 19.5 Å². The van der Waals surface area contributed by atoms with Crippen molar-refractivity contribution in [3.8, 4) is 0 Å². The number of benzene rings is 1. The van der Waals surface area contributed by atoms with Crippen LogP contribution in [0.3, 0.4) is 0 Å². The third-order valence-electron chi connectivity index (χ3n) is 5.03. The average molecular weight is 349 g/mol. The molecule has 3 aromatic rings. The Kier molecular flexibility index (Phi) is 4.67. The highest BCUT2D eigenvalue weighted by Gasteiger charge is 2.32. The van der Waals surface area contributed by atoms with Gasteiger partial charge >= 0.3 is 0 Å². The molecule has 1 aromatic carbocycles. The van der Waals surface area contributed by atoms with E-state index in [1.807, 2.05) is 71.0 Å². The molecule has 26 heavy (non-hydrogen) atoms. The second-order valence-electron chi connectivity index (χ2n) is 6.59. The lowest BCUT2D eigenvalue weighted by Crippen LogP contribution is -2.40. The van der Waals surface area contributed by atoms with E-state index < -0.39 is 0 Å². The molecule has 1 fully saturated rings. The Morgan fingerprint density at radius 1 is 1.15 bits per heavy atom. The summed E-state index contributed by atoms with van der Waals surface area (Å²) in [5, 5.41) is 8.67. The Labute approximate surface area is 153 Å². The molecule has 0 saturated carbocycles. The normalized spacial score (nSPS) is 17.7. The molecule has 4 rings (SSSR count). The summed E-state index contributed by atoms with van der Waals surface area (Å²) in [4.78, 5) is 17.0. The fourth-order valence-corrected chi connectivity index (χ4v) is 3.76. The van der Waals surface area contributed by atoms with Crippen molar-refractivity contribution in [2.24, 2.45) is 0 Å². The van der Waals surface area contributed by atoms with E-state index in [0.29, 0.717) is 13.1 Å². The van der Waals surface area contributed by atoms with Crippen LogP contribution in [-0.4, -0.2) is 45.0 Å². The van der Waals surface area contributed by atoms with Gasteiger partial charge in [0.2, 0.25) is 5.91 Å². The number of hydrogen-bond acceptors (Lipinski definition) is 4. The number of rotatable bonds is 5. The van der Waals surface area contributed by atoms with Gasteiger partial charge in [0, 0.05) is 18.4 Å². The second kappa shape index (κ2) is 7.25. The topological polar surface area (TPSA) is 53.7 Å². The predicted octanol–water partition coefficient (Wildman–Crippen LogP) is 2.92. The molecule has 1 amide bonds. The van der Waals surface area contributed by atoms with Crippen LogP contribution in [0.4, 0.5) is 5.69 Å². The molecule has 1 aliphatic heterocycles. The number of aromatic nitrogens is 3. The molecule has 1 atom stereocenters. The number of fused-ring (bicyclic) bond motifs is 1. The maximum atomic E-state index is 13.0. The van der Waals surface area contributed by atoms with E-state index in [2.05, 4.69) is 15.1 Å². The van der Waals surface area contributed by atoms with E-state index >= 15 is 0 Å². The van der Waals surface area contributed by atoms with E-state index in [9.17, 15) is 4.79 Å². The molecule has 6 heteroatoms. The predicted molar refractivity (Wildman–Crippen MR) is 101 cm³/mol. The number of amides is 1. The molecule has 0 spiro atoms. The molecule has 0 radical (unpaired) electrons. The Balaban J connectivity index is 1.54. The number of carbonyl (C=O) groups excluding carboxylic acids is 1. The van der Waals surface area contributed by atoms with Gasteiger partial charge in [-0.25, -0.2) is 0 Å². The molecule has 3 heterocycles. The first kappa shape index (κ1) is 16.7. The van der Waals surface area contributed by atoms with Crippen LogP contribution in [0.15, 0.2) is 54.7 Å². The molecule has 6 nitrogen and oxygen atoms in total. The number of likely N-dealkylation sites (tertiary alicyclic amines) is 1. The molecule has 0 aliphatic carbocycles. The maximum absolute atomic E-state index is 13.0. The van der Waals surface area contributed by atoms with E-state index in [0.717, 1.165) is 36.5 Å². The summed E-state index contributed by atoms with van der Waals surface area (Å²) in [5.74, 6) is 1.05. The van der Waals surface area contributed by atoms with E-state index in [-0.39, 0.29) is 11.9 Å². The molecule has 2 aromatic heterocycles. The monoisotopic (exact) mass is 349 g/mol. The average Bonchev–Trinajstić information content (AvgIpc) is 3.29. The second-order valence-corrected chi connectivity index (χ2v) is 6.59. The number of hydrogen-bond donors (Lipinski definition) is 0. The number of anilines is 1. The number of pyridine rings is 1. The Morgan fingerprint density at radius 2 is 1.96 bits per heavy atom. The SMILES string of the molecule is CCN(C(=O)CN1CCC[C@H]1c1nnc2ccccn12)c1ccccc1. The van der Waals surface area contributed by atoms with Crippen LogP contribution in [0.1, 0.15) is 31.6 Å². The third kappa shape index (κ3) is 3.08. The lowest BCUT2D eigenvalue weighted by Gasteiger charge is -2.27. The highest BCUT2D eigenvalue weighted by molar-refractivity contribution is 5.94. The molecule has 1 saturated heterocycles. The summed E-state index contributed by atoms with van der Waals surface area (Å²) in [5.41, 5.74) is 1.80. The summed E-state index contributed by atoms with van der Waals surface area (Å²) in [6.45, 7) is 3.98. The molecule has 0 unspecified atom stereocenters. The van der Waals surface area contributed by atoms with E-state index in [1.165, 1.54) is 0 Å². The molecule has 1 aliphatic rings. The van der Waals surface area contributed by atoms with Gasteiger partial charge < -0.3 is 4.90 Å². The Hall–Kier alpha value is -2.73. The van der Waals surface area contributed by atoms with Crippen molar-refractivity contribution in [2.75, 3.05) is 24.5 Å². The lowest BCUT2D eigenvalue weighted by molar-refractivity contribution is -0.120. The zero-order valence-electron chi connectivity index (χ0n) is 15.0. The van der Waals surface area contributed by atoms with Gasteiger partial charge in [-0.1, -0.05) is 24.3 Å². The van der Waals surface area contributed by atoms with Gasteiger partial charge in [-0.3, -0.25) is 14.1 Å². The quantitative estimate of drug-likeness (QED) is 0.711. The molecule has 0 bridgehead atoms. The number of carbonyl (C=O) groups is 1. The zero-order chi connectivity index (χ0) is 17.9. The fourth-order valence-electron chi connectivity index (χ4n) is 3.76. The standard InChI is InChI=1S/C20H23N5O/c1-2-24(16-9-4-3-5-10-16)19(26)15-23-13-8-11-17(23)20-22-21-18-12-6-7-14-25(18)20/h3-7,9-10,12,14,17H,2,8,11,13,15H2,1H3/t17-/m0/s1. The van der Waals surface area contributed by atoms with Gasteiger partial charge in [-0.2, -0.15) is 0 Å². The van der Waals surface area contributed by atoms with Crippen molar-refractivity contribution >= 4 is 17.2 Å². The van der Waals surface area contributed by atoms with Crippen molar-refractivity contribution < 1.29 is 4.79 Å². The van der Waals surface area contributed by atoms with Crippen LogP contribution in [-0.2, 0) is 4.79 Å². The maximum Gasteiger partial charge on any atom is 0.241 e. The van der Waals surface area contributed by atoms with E-state index in [4.69, 9.17) is 0 Å². The lowest BCUT2D eigenvalue weighted by atomic mass is 10.2. The van der Waals surface area contributed by atoms with Crippen molar-refractivity contribution in [3.05, 3.63) is 60.6 Å².